The molecule has 3 N–H and O–H groups in total. The van der Waals surface area contributed by atoms with Crippen LogP contribution in [0.4, 0.5) is 14.5 Å². The predicted molar refractivity (Wildman–Crippen MR) is 109 cm³/mol. The average Bonchev–Trinajstić information content (AvgIpc) is 2.64. The molecule has 0 aromatic heterocycles. The number of carbonyl (C=O) groups excluding carboxylic acids is 1. The predicted octanol–water partition coefficient (Wildman–Crippen LogP) is 4.77. The van der Waals surface area contributed by atoms with Crippen LogP contribution < -0.4 is 10.5 Å². The Labute approximate surface area is 171 Å². The number of Topliss-reactive ketones (excluding diaryl/α,β-unsaturated/α-hetero) is 1. The van der Waals surface area contributed by atoms with Gasteiger partial charge in [-0.15, -0.1) is 6.58 Å². The van der Waals surface area contributed by atoms with E-state index < -0.39 is 27.4 Å². The summed E-state index contributed by atoms with van der Waals surface area (Å²) in [4.78, 5) is 12.1. The molecule has 2 aromatic rings. The summed E-state index contributed by atoms with van der Waals surface area (Å²) in [6, 6.07) is 6.89. The fraction of sp³-hybridized carbons (Fsp3) is 0.105. The van der Waals surface area contributed by atoms with Crippen LogP contribution in [-0.2, 0) is 10.0 Å². The molecule has 0 saturated heterocycles. The van der Waals surface area contributed by atoms with Crippen molar-refractivity contribution >= 4 is 37.4 Å². The number of halogens is 3. The summed E-state index contributed by atoms with van der Waals surface area (Å²) in [5.41, 5.74) is 4.59. The Hall–Kier alpha value is -2.52. The standard InChI is InChI=1S/C16H13BrF2N2O3S.C3H6/c1-9(8-20)16(22)12-6-13(18)14(19)7-15(12)21-25(23,24)11-4-2-10(17)3-5-11;1-3-2/h2-8,21H,20H2,1H3;3H,1H2,2H3/b9-8+;. The molecule has 0 saturated carbocycles. The van der Waals surface area contributed by atoms with Gasteiger partial charge in [0.05, 0.1) is 10.6 Å². The minimum atomic E-state index is -4.11. The van der Waals surface area contributed by atoms with E-state index in [2.05, 4.69) is 27.2 Å². The van der Waals surface area contributed by atoms with Gasteiger partial charge in [-0.25, -0.2) is 17.2 Å². The number of hydrogen-bond acceptors (Lipinski definition) is 4. The van der Waals surface area contributed by atoms with Crippen molar-refractivity contribution in [3.63, 3.8) is 0 Å². The number of sulfonamides is 1. The molecule has 0 aliphatic heterocycles. The van der Waals surface area contributed by atoms with Gasteiger partial charge in [0.15, 0.2) is 17.4 Å². The fourth-order valence-corrected chi connectivity index (χ4v) is 3.26. The second-order valence-corrected chi connectivity index (χ2v) is 8.06. The van der Waals surface area contributed by atoms with Gasteiger partial charge in [0.1, 0.15) is 0 Å². The van der Waals surface area contributed by atoms with Crippen LogP contribution in [0, 0.1) is 11.6 Å². The molecular weight excluding hydrogens is 454 g/mol. The highest BCUT2D eigenvalue weighted by Gasteiger charge is 2.22. The third kappa shape index (κ3) is 6.00. The largest absolute Gasteiger partial charge is 0.404 e. The zero-order valence-corrected chi connectivity index (χ0v) is 17.6. The van der Waals surface area contributed by atoms with Gasteiger partial charge in [-0.05, 0) is 44.2 Å². The maximum absolute atomic E-state index is 13.6. The van der Waals surface area contributed by atoms with Crippen LogP contribution in [0.15, 0.2) is 70.2 Å². The molecule has 0 spiro atoms. The van der Waals surface area contributed by atoms with Crippen LogP contribution in [0.25, 0.3) is 0 Å². The van der Waals surface area contributed by atoms with E-state index in [-0.39, 0.29) is 21.7 Å². The molecule has 5 nitrogen and oxygen atoms in total. The Kier molecular flexibility index (Phi) is 8.52. The van der Waals surface area contributed by atoms with Crippen molar-refractivity contribution in [2.75, 3.05) is 4.72 Å². The number of ketones is 1. The molecule has 28 heavy (non-hydrogen) atoms. The zero-order chi connectivity index (χ0) is 21.5. The van der Waals surface area contributed by atoms with Gasteiger partial charge >= 0.3 is 0 Å². The summed E-state index contributed by atoms with van der Waals surface area (Å²) in [5, 5.41) is 0. The summed E-state index contributed by atoms with van der Waals surface area (Å²) < 4.78 is 54.7. The zero-order valence-electron chi connectivity index (χ0n) is 15.2. The first kappa shape index (κ1) is 23.5. The van der Waals surface area contributed by atoms with E-state index in [1.165, 1.54) is 31.2 Å². The second-order valence-electron chi connectivity index (χ2n) is 5.46. The van der Waals surface area contributed by atoms with Gasteiger partial charge in [-0.2, -0.15) is 0 Å². The number of allylic oxidation sites excluding steroid dienone is 2. The Morgan fingerprint density at radius 2 is 1.68 bits per heavy atom. The number of nitrogens with two attached hydrogens (primary N) is 1. The van der Waals surface area contributed by atoms with Crippen LogP contribution in [0.5, 0.6) is 0 Å². The van der Waals surface area contributed by atoms with Crippen LogP contribution >= 0.6 is 15.9 Å². The smallest absolute Gasteiger partial charge is 0.261 e. The van der Waals surface area contributed by atoms with Crippen molar-refractivity contribution in [3.05, 3.63) is 82.5 Å². The van der Waals surface area contributed by atoms with Gasteiger partial charge in [0, 0.05) is 27.9 Å². The highest BCUT2D eigenvalue weighted by Crippen LogP contribution is 2.26. The van der Waals surface area contributed by atoms with Crippen molar-refractivity contribution in [1.29, 1.82) is 0 Å². The third-order valence-corrected chi connectivity index (χ3v) is 5.19. The van der Waals surface area contributed by atoms with Crippen molar-refractivity contribution in [2.24, 2.45) is 5.73 Å². The molecule has 0 amide bonds. The molecule has 0 aliphatic carbocycles. The second kappa shape index (κ2) is 10.1. The summed E-state index contributed by atoms with van der Waals surface area (Å²) in [7, 11) is -4.11. The number of nitrogens with one attached hydrogen (secondary N) is 1. The molecular formula is C19H19BrF2N2O3S. The topological polar surface area (TPSA) is 89.3 Å². The van der Waals surface area contributed by atoms with Crippen molar-refractivity contribution in [1.82, 2.24) is 0 Å². The van der Waals surface area contributed by atoms with E-state index >= 15 is 0 Å². The lowest BCUT2D eigenvalue weighted by Crippen LogP contribution is -2.17. The fourth-order valence-electron chi connectivity index (χ4n) is 1.92. The molecule has 9 heteroatoms. The van der Waals surface area contributed by atoms with E-state index in [0.717, 1.165) is 6.20 Å². The number of carbonyl (C=O) groups is 1. The van der Waals surface area contributed by atoms with Crippen LogP contribution in [-0.4, -0.2) is 14.2 Å². The number of hydrogen-bond donors (Lipinski definition) is 2. The summed E-state index contributed by atoms with van der Waals surface area (Å²) >= 11 is 3.18. The summed E-state index contributed by atoms with van der Waals surface area (Å²) in [6.45, 7) is 6.62. The Bertz CT molecular complexity index is 1000. The minimum Gasteiger partial charge on any atom is -0.404 e. The minimum absolute atomic E-state index is 0.0510. The molecule has 2 rings (SSSR count). The first-order chi connectivity index (χ1) is 13.1. The van der Waals surface area contributed by atoms with Crippen molar-refractivity contribution in [3.8, 4) is 0 Å². The Balaban J connectivity index is 0.00000122. The molecule has 0 aliphatic rings. The van der Waals surface area contributed by atoms with Gasteiger partial charge in [-0.3, -0.25) is 9.52 Å². The lowest BCUT2D eigenvalue weighted by Gasteiger charge is -2.13. The molecule has 2 aromatic carbocycles. The molecule has 0 radical (unpaired) electrons. The van der Waals surface area contributed by atoms with Crippen molar-refractivity contribution < 1.29 is 22.0 Å². The monoisotopic (exact) mass is 472 g/mol. The molecule has 0 atom stereocenters. The quantitative estimate of drug-likeness (QED) is 0.372. The van der Waals surface area contributed by atoms with Crippen LogP contribution in [0.3, 0.4) is 0 Å². The molecule has 0 unspecified atom stereocenters. The third-order valence-electron chi connectivity index (χ3n) is 3.28. The molecule has 0 heterocycles. The summed E-state index contributed by atoms with van der Waals surface area (Å²) in [5.74, 6) is -3.30. The first-order valence-electron chi connectivity index (χ1n) is 7.85. The Morgan fingerprint density at radius 1 is 1.18 bits per heavy atom. The molecule has 150 valence electrons. The number of rotatable bonds is 5. The summed E-state index contributed by atoms with van der Waals surface area (Å²) in [6.07, 6.45) is 2.75. The SMILES string of the molecule is C/C(=C\N)C(=O)c1cc(F)c(F)cc1NS(=O)(=O)c1ccc(Br)cc1.C=CC. The van der Waals surface area contributed by atoms with Gasteiger partial charge in [0.25, 0.3) is 10.0 Å². The van der Waals surface area contributed by atoms with E-state index in [1.807, 2.05) is 6.92 Å². The average molecular weight is 473 g/mol. The first-order valence-corrected chi connectivity index (χ1v) is 10.1. The van der Waals surface area contributed by atoms with E-state index in [1.54, 1.807) is 6.08 Å². The van der Waals surface area contributed by atoms with E-state index in [4.69, 9.17) is 5.73 Å². The van der Waals surface area contributed by atoms with Crippen molar-refractivity contribution in [2.45, 2.75) is 18.7 Å². The van der Waals surface area contributed by atoms with Crippen LogP contribution in [0.1, 0.15) is 24.2 Å². The maximum atomic E-state index is 13.6. The highest BCUT2D eigenvalue weighted by molar-refractivity contribution is 9.10. The lowest BCUT2D eigenvalue weighted by molar-refractivity contribution is 0.103. The van der Waals surface area contributed by atoms with E-state index in [9.17, 15) is 22.0 Å². The highest BCUT2D eigenvalue weighted by atomic mass is 79.9. The maximum Gasteiger partial charge on any atom is 0.261 e. The number of benzene rings is 2. The normalized spacial score (nSPS) is 11.2. The van der Waals surface area contributed by atoms with Gasteiger partial charge in [0.2, 0.25) is 0 Å². The van der Waals surface area contributed by atoms with Gasteiger partial charge < -0.3 is 5.73 Å². The van der Waals surface area contributed by atoms with Gasteiger partial charge in [-0.1, -0.05) is 22.0 Å². The Morgan fingerprint density at radius 3 is 2.18 bits per heavy atom. The molecule has 0 fully saturated rings. The van der Waals surface area contributed by atoms with Crippen LogP contribution in [0.2, 0.25) is 0 Å². The number of anilines is 1. The molecule has 0 bridgehead atoms. The van der Waals surface area contributed by atoms with E-state index in [0.29, 0.717) is 16.6 Å². The lowest BCUT2D eigenvalue weighted by atomic mass is 10.0.